The Morgan fingerprint density at radius 1 is 1.07 bits per heavy atom. The molecule has 0 aliphatic heterocycles. The molecule has 0 bridgehead atoms. The Balaban J connectivity index is 1.69. The van der Waals surface area contributed by atoms with Gasteiger partial charge in [-0.1, -0.05) is 65.2 Å². The van der Waals surface area contributed by atoms with Crippen molar-refractivity contribution in [2.75, 3.05) is 5.32 Å². The monoisotopic (exact) mass is 444 g/mol. The van der Waals surface area contributed by atoms with E-state index in [-0.39, 0.29) is 22.5 Å². The molecule has 2 N–H and O–H groups in total. The first-order valence-electron chi connectivity index (χ1n) is 8.99. The van der Waals surface area contributed by atoms with E-state index in [2.05, 4.69) is 15.7 Å². The van der Waals surface area contributed by atoms with Crippen molar-refractivity contribution in [2.45, 2.75) is 20.0 Å². The van der Waals surface area contributed by atoms with Crippen molar-refractivity contribution >= 4 is 40.7 Å². The molecule has 2 amide bonds. The molecule has 0 saturated heterocycles. The number of nitrogens with zero attached hydrogens (tertiary/aromatic N) is 2. The van der Waals surface area contributed by atoms with E-state index >= 15 is 0 Å². The lowest BCUT2D eigenvalue weighted by atomic mass is 10.1. The van der Waals surface area contributed by atoms with Gasteiger partial charge in [-0.2, -0.15) is 5.10 Å². The first-order valence-corrected chi connectivity index (χ1v) is 9.74. The van der Waals surface area contributed by atoms with Gasteiger partial charge in [0.1, 0.15) is 11.6 Å². The fraction of sp³-hybridized carbons (Fsp3) is 0.143. The van der Waals surface area contributed by atoms with Crippen molar-refractivity contribution in [3.63, 3.8) is 0 Å². The third-order valence-electron chi connectivity index (χ3n) is 4.26. The van der Waals surface area contributed by atoms with Gasteiger partial charge in [0.25, 0.3) is 11.5 Å². The van der Waals surface area contributed by atoms with Gasteiger partial charge in [0, 0.05) is 6.54 Å². The first kappa shape index (κ1) is 21.5. The average molecular weight is 445 g/mol. The lowest BCUT2D eigenvalue weighted by Crippen LogP contribution is -2.30. The molecular formula is C21H18Cl2N4O3. The van der Waals surface area contributed by atoms with Crippen LogP contribution in [0.5, 0.6) is 0 Å². The number of aromatic nitrogens is 2. The summed E-state index contributed by atoms with van der Waals surface area (Å²) in [5, 5.41) is 9.05. The zero-order valence-electron chi connectivity index (χ0n) is 16.0. The van der Waals surface area contributed by atoms with E-state index in [9.17, 15) is 14.4 Å². The Kier molecular flexibility index (Phi) is 6.87. The highest BCUT2D eigenvalue weighted by molar-refractivity contribution is 6.41. The highest BCUT2D eigenvalue weighted by Gasteiger charge is 2.15. The van der Waals surface area contributed by atoms with Gasteiger partial charge in [0.15, 0.2) is 0 Å². The fourth-order valence-electron chi connectivity index (χ4n) is 2.66. The van der Waals surface area contributed by atoms with E-state index in [0.717, 1.165) is 15.8 Å². The van der Waals surface area contributed by atoms with Crippen molar-refractivity contribution < 1.29 is 9.59 Å². The number of carbonyl (C=O) groups excluding carboxylic acids is 2. The van der Waals surface area contributed by atoms with Crippen LogP contribution in [-0.2, 0) is 17.9 Å². The number of halogens is 2. The number of aryl methyl sites for hydroxylation is 1. The van der Waals surface area contributed by atoms with Crippen LogP contribution >= 0.6 is 23.2 Å². The summed E-state index contributed by atoms with van der Waals surface area (Å²) in [5.74, 6) is -0.877. The summed E-state index contributed by atoms with van der Waals surface area (Å²) in [6.45, 7) is 1.96. The summed E-state index contributed by atoms with van der Waals surface area (Å²) < 4.78 is 0.892. The average Bonchev–Trinajstić information content (AvgIpc) is 2.74. The molecule has 0 atom stereocenters. The molecule has 30 heavy (non-hydrogen) atoms. The highest BCUT2D eigenvalue weighted by atomic mass is 35.5. The molecule has 3 aromatic rings. The quantitative estimate of drug-likeness (QED) is 0.608. The largest absolute Gasteiger partial charge is 0.348 e. The summed E-state index contributed by atoms with van der Waals surface area (Å²) in [5.41, 5.74) is 2.03. The second kappa shape index (κ2) is 9.56. The lowest BCUT2D eigenvalue weighted by Gasteiger charge is -2.12. The number of amides is 2. The number of para-hydroxylation sites is 1. The molecule has 0 radical (unpaired) electrons. The van der Waals surface area contributed by atoms with E-state index in [1.54, 1.807) is 24.3 Å². The summed E-state index contributed by atoms with van der Waals surface area (Å²) in [4.78, 5) is 37.1. The predicted octanol–water partition coefficient (Wildman–Crippen LogP) is 3.43. The van der Waals surface area contributed by atoms with Crippen molar-refractivity contribution in [1.29, 1.82) is 0 Å². The molecular weight excluding hydrogens is 427 g/mol. The number of anilines is 1. The SMILES string of the molecule is Cc1ccc(CNC(=O)c2ccccc2NC(=O)Cn2ncc(Cl)c(Cl)c2=O)cc1. The third-order valence-corrected chi connectivity index (χ3v) is 5.00. The molecule has 0 saturated carbocycles. The molecule has 9 heteroatoms. The van der Waals surface area contributed by atoms with Gasteiger partial charge in [-0.3, -0.25) is 14.4 Å². The van der Waals surface area contributed by atoms with E-state index in [1.807, 2.05) is 31.2 Å². The molecule has 1 heterocycles. The second-order valence-electron chi connectivity index (χ2n) is 6.53. The number of rotatable bonds is 6. The van der Waals surface area contributed by atoms with Crippen molar-refractivity contribution in [2.24, 2.45) is 0 Å². The van der Waals surface area contributed by atoms with Crippen LogP contribution < -0.4 is 16.2 Å². The van der Waals surface area contributed by atoms with Crippen molar-refractivity contribution in [1.82, 2.24) is 15.1 Å². The molecule has 154 valence electrons. The molecule has 0 aliphatic rings. The van der Waals surface area contributed by atoms with Crippen LogP contribution in [0.25, 0.3) is 0 Å². The van der Waals surface area contributed by atoms with Crippen LogP contribution in [0.15, 0.2) is 59.5 Å². The number of benzene rings is 2. The smallest absolute Gasteiger partial charge is 0.287 e. The van der Waals surface area contributed by atoms with Crippen LogP contribution in [0.2, 0.25) is 10.0 Å². The normalized spacial score (nSPS) is 10.5. The molecule has 3 rings (SSSR count). The Labute approximate surface area is 182 Å². The highest BCUT2D eigenvalue weighted by Crippen LogP contribution is 2.16. The fourth-order valence-corrected chi connectivity index (χ4v) is 2.93. The minimum atomic E-state index is -0.677. The van der Waals surface area contributed by atoms with Crippen molar-refractivity contribution in [3.8, 4) is 0 Å². The van der Waals surface area contributed by atoms with Gasteiger partial charge in [0.2, 0.25) is 5.91 Å². The van der Waals surface area contributed by atoms with Gasteiger partial charge in [-0.05, 0) is 24.6 Å². The van der Waals surface area contributed by atoms with Gasteiger partial charge >= 0.3 is 0 Å². The van der Waals surface area contributed by atoms with Gasteiger partial charge in [-0.15, -0.1) is 0 Å². The number of nitrogens with one attached hydrogen (secondary N) is 2. The lowest BCUT2D eigenvalue weighted by molar-refractivity contribution is -0.117. The van der Waals surface area contributed by atoms with Crippen LogP contribution in [0, 0.1) is 6.92 Å². The maximum absolute atomic E-state index is 12.6. The summed E-state index contributed by atoms with van der Waals surface area (Å²) in [7, 11) is 0. The Morgan fingerprint density at radius 3 is 2.50 bits per heavy atom. The third kappa shape index (κ3) is 5.25. The maximum atomic E-state index is 12.6. The Morgan fingerprint density at radius 2 is 1.77 bits per heavy atom. The topological polar surface area (TPSA) is 93.1 Å². The number of hydrogen-bond acceptors (Lipinski definition) is 4. The van der Waals surface area contributed by atoms with Crippen LogP contribution in [-0.4, -0.2) is 21.6 Å². The maximum Gasteiger partial charge on any atom is 0.287 e. The van der Waals surface area contributed by atoms with Gasteiger partial charge < -0.3 is 10.6 Å². The number of hydrogen-bond donors (Lipinski definition) is 2. The van der Waals surface area contributed by atoms with Crippen LogP contribution in [0.3, 0.4) is 0 Å². The van der Waals surface area contributed by atoms with Crippen molar-refractivity contribution in [3.05, 3.63) is 91.8 Å². The summed E-state index contributed by atoms with van der Waals surface area (Å²) in [6, 6.07) is 14.4. The predicted molar refractivity (Wildman–Crippen MR) is 116 cm³/mol. The standard InChI is InChI=1S/C21H18Cl2N4O3/c1-13-6-8-14(9-7-13)10-24-20(29)15-4-2-3-5-17(15)26-18(28)12-27-21(30)19(23)16(22)11-25-27/h2-9,11H,10,12H2,1H3,(H,24,29)(H,26,28). The minimum absolute atomic E-state index is 0.00826. The molecule has 1 aromatic heterocycles. The summed E-state index contributed by atoms with van der Waals surface area (Å²) in [6.07, 6.45) is 1.19. The van der Waals surface area contributed by atoms with Crippen LogP contribution in [0.4, 0.5) is 5.69 Å². The minimum Gasteiger partial charge on any atom is -0.348 e. The van der Waals surface area contributed by atoms with E-state index < -0.39 is 11.5 Å². The second-order valence-corrected chi connectivity index (χ2v) is 7.32. The molecule has 0 unspecified atom stereocenters. The molecule has 0 spiro atoms. The molecule has 0 fully saturated rings. The van der Waals surface area contributed by atoms with Gasteiger partial charge in [0.05, 0.1) is 22.5 Å². The molecule has 2 aromatic carbocycles. The zero-order chi connectivity index (χ0) is 21.7. The summed E-state index contributed by atoms with van der Waals surface area (Å²) >= 11 is 11.5. The molecule has 7 nitrogen and oxygen atoms in total. The van der Waals surface area contributed by atoms with E-state index in [1.165, 1.54) is 6.20 Å². The van der Waals surface area contributed by atoms with E-state index in [4.69, 9.17) is 23.2 Å². The Bertz CT molecular complexity index is 1140. The van der Waals surface area contributed by atoms with E-state index in [0.29, 0.717) is 17.8 Å². The zero-order valence-corrected chi connectivity index (χ0v) is 17.5. The Hall–Kier alpha value is -3.16. The molecule has 0 aliphatic carbocycles. The van der Waals surface area contributed by atoms with Crippen LogP contribution in [0.1, 0.15) is 21.5 Å². The van der Waals surface area contributed by atoms with Gasteiger partial charge in [-0.25, -0.2) is 4.68 Å². The number of carbonyl (C=O) groups is 2. The first-order chi connectivity index (χ1) is 14.3.